The molecule has 74 valence electrons. The predicted octanol–water partition coefficient (Wildman–Crippen LogP) is 1.88. The number of carbonyl (C=O) groups excluding carboxylic acids is 1. The lowest BCUT2D eigenvalue weighted by molar-refractivity contribution is 0.105. The lowest BCUT2D eigenvalue weighted by Gasteiger charge is -2.25. The SMILES string of the molecule is O=Cc1ccc2c(c1)OCC(CCl)O2. The molecule has 0 radical (unpaired) electrons. The summed E-state index contributed by atoms with van der Waals surface area (Å²) in [6.45, 7) is 0.429. The average Bonchev–Trinajstić information content (AvgIpc) is 2.27. The van der Waals surface area contributed by atoms with E-state index in [1.807, 2.05) is 0 Å². The minimum Gasteiger partial charge on any atom is -0.486 e. The van der Waals surface area contributed by atoms with Crippen molar-refractivity contribution in [1.29, 1.82) is 0 Å². The highest BCUT2D eigenvalue weighted by Gasteiger charge is 2.19. The van der Waals surface area contributed by atoms with Gasteiger partial charge in [-0.2, -0.15) is 0 Å². The van der Waals surface area contributed by atoms with Gasteiger partial charge in [0.25, 0.3) is 0 Å². The Balaban J connectivity index is 2.27. The van der Waals surface area contributed by atoms with E-state index in [-0.39, 0.29) is 6.10 Å². The fourth-order valence-electron chi connectivity index (χ4n) is 1.28. The summed E-state index contributed by atoms with van der Waals surface area (Å²) < 4.78 is 10.9. The average molecular weight is 213 g/mol. The third-order valence-electron chi connectivity index (χ3n) is 1.99. The topological polar surface area (TPSA) is 35.5 Å². The molecule has 1 heterocycles. The van der Waals surface area contributed by atoms with Crippen LogP contribution in [0, 0.1) is 0 Å². The molecule has 1 unspecified atom stereocenters. The Morgan fingerprint density at radius 3 is 3.07 bits per heavy atom. The molecule has 2 rings (SSSR count). The van der Waals surface area contributed by atoms with Crippen molar-refractivity contribution in [3.8, 4) is 11.5 Å². The highest BCUT2D eigenvalue weighted by atomic mass is 35.5. The zero-order valence-electron chi connectivity index (χ0n) is 7.40. The lowest BCUT2D eigenvalue weighted by atomic mass is 10.2. The molecule has 0 aliphatic carbocycles. The first-order valence-corrected chi connectivity index (χ1v) is 4.81. The van der Waals surface area contributed by atoms with Gasteiger partial charge < -0.3 is 9.47 Å². The van der Waals surface area contributed by atoms with Gasteiger partial charge >= 0.3 is 0 Å². The van der Waals surface area contributed by atoms with Crippen molar-refractivity contribution >= 4 is 17.9 Å². The van der Waals surface area contributed by atoms with E-state index in [0.29, 0.717) is 29.5 Å². The summed E-state index contributed by atoms with van der Waals surface area (Å²) >= 11 is 5.64. The van der Waals surface area contributed by atoms with Gasteiger partial charge in [-0.05, 0) is 18.2 Å². The van der Waals surface area contributed by atoms with Crippen LogP contribution in [0.3, 0.4) is 0 Å². The van der Waals surface area contributed by atoms with Gasteiger partial charge in [-0.25, -0.2) is 0 Å². The summed E-state index contributed by atoms with van der Waals surface area (Å²) in [4.78, 5) is 10.5. The van der Waals surface area contributed by atoms with Crippen molar-refractivity contribution < 1.29 is 14.3 Å². The second-order valence-electron chi connectivity index (χ2n) is 3.03. The van der Waals surface area contributed by atoms with E-state index in [0.717, 1.165) is 6.29 Å². The van der Waals surface area contributed by atoms with E-state index in [1.165, 1.54) is 0 Å². The van der Waals surface area contributed by atoms with Gasteiger partial charge in [0, 0.05) is 5.56 Å². The molecule has 0 bridgehead atoms. The smallest absolute Gasteiger partial charge is 0.162 e. The molecule has 1 aliphatic rings. The molecular formula is C10H9ClO3. The second-order valence-corrected chi connectivity index (χ2v) is 3.34. The molecule has 0 saturated carbocycles. The monoisotopic (exact) mass is 212 g/mol. The van der Waals surface area contributed by atoms with Crippen LogP contribution < -0.4 is 9.47 Å². The Morgan fingerprint density at radius 1 is 1.50 bits per heavy atom. The first-order chi connectivity index (χ1) is 6.83. The molecule has 0 aromatic heterocycles. The van der Waals surface area contributed by atoms with Gasteiger partial charge in [-0.3, -0.25) is 4.79 Å². The number of benzene rings is 1. The first kappa shape index (κ1) is 9.34. The summed E-state index contributed by atoms with van der Waals surface area (Å²) in [6.07, 6.45) is 0.670. The molecule has 1 atom stereocenters. The second kappa shape index (κ2) is 3.88. The Hall–Kier alpha value is -1.22. The highest BCUT2D eigenvalue weighted by molar-refractivity contribution is 6.18. The Labute approximate surface area is 86.6 Å². The number of hydrogen-bond acceptors (Lipinski definition) is 3. The number of rotatable bonds is 2. The summed E-state index contributed by atoms with van der Waals surface area (Å²) in [7, 11) is 0. The van der Waals surface area contributed by atoms with Crippen molar-refractivity contribution in [2.45, 2.75) is 6.10 Å². The fourth-order valence-corrected chi connectivity index (χ4v) is 1.43. The molecule has 3 nitrogen and oxygen atoms in total. The number of halogens is 1. The minimum absolute atomic E-state index is 0.105. The van der Waals surface area contributed by atoms with Crippen LogP contribution in [-0.4, -0.2) is 24.9 Å². The van der Waals surface area contributed by atoms with E-state index < -0.39 is 0 Å². The standard InChI is InChI=1S/C10H9ClO3/c11-4-8-6-13-10-3-7(5-12)1-2-9(10)14-8/h1-3,5,8H,4,6H2. The van der Waals surface area contributed by atoms with Crippen LogP contribution in [0.15, 0.2) is 18.2 Å². The maximum absolute atomic E-state index is 10.5. The predicted molar refractivity (Wildman–Crippen MR) is 52.5 cm³/mol. The third-order valence-corrected chi connectivity index (χ3v) is 2.34. The van der Waals surface area contributed by atoms with Crippen LogP contribution in [0.25, 0.3) is 0 Å². The maximum Gasteiger partial charge on any atom is 0.162 e. The first-order valence-electron chi connectivity index (χ1n) is 4.28. The molecule has 0 spiro atoms. The Kier molecular flexibility index (Phi) is 2.59. The molecule has 0 fully saturated rings. The Bertz CT molecular complexity index is 351. The van der Waals surface area contributed by atoms with Crippen LogP contribution in [0.5, 0.6) is 11.5 Å². The van der Waals surface area contributed by atoms with Crippen LogP contribution in [0.2, 0.25) is 0 Å². The lowest BCUT2D eigenvalue weighted by Crippen LogP contribution is -2.30. The number of hydrogen-bond donors (Lipinski definition) is 0. The molecule has 4 heteroatoms. The van der Waals surface area contributed by atoms with Gasteiger partial charge in [0.05, 0.1) is 5.88 Å². The molecule has 1 aliphatic heterocycles. The van der Waals surface area contributed by atoms with E-state index in [2.05, 4.69) is 0 Å². The number of ether oxygens (including phenoxy) is 2. The maximum atomic E-state index is 10.5. The zero-order chi connectivity index (χ0) is 9.97. The van der Waals surface area contributed by atoms with E-state index in [1.54, 1.807) is 18.2 Å². The summed E-state index contributed by atoms with van der Waals surface area (Å²) in [6, 6.07) is 5.07. The van der Waals surface area contributed by atoms with Crippen LogP contribution in [0.1, 0.15) is 10.4 Å². The molecule has 0 amide bonds. The normalized spacial score (nSPS) is 19.1. The van der Waals surface area contributed by atoms with E-state index >= 15 is 0 Å². The van der Waals surface area contributed by atoms with Crippen molar-refractivity contribution in [2.75, 3.05) is 12.5 Å². The fraction of sp³-hybridized carbons (Fsp3) is 0.300. The quantitative estimate of drug-likeness (QED) is 0.555. The van der Waals surface area contributed by atoms with Crippen LogP contribution in [0.4, 0.5) is 0 Å². The number of carbonyl (C=O) groups is 1. The Morgan fingerprint density at radius 2 is 2.36 bits per heavy atom. The van der Waals surface area contributed by atoms with Gasteiger partial charge in [0.1, 0.15) is 19.0 Å². The molecule has 14 heavy (non-hydrogen) atoms. The summed E-state index contributed by atoms with van der Waals surface area (Å²) in [5.74, 6) is 1.65. The van der Waals surface area contributed by atoms with Gasteiger partial charge in [0.2, 0.25) is 0 Å². The zero-order valence-corrected chi connectivity index (χ0v) is 8.16. The number of aldehydes is 1. The van der Waals surface area contributed by atoms with Crippen molar-refractivity contribution in [3.63, 3.8) is 0 Å². The summed E-state index contributed by atoms with van der Waals surface area (Å²) in [5.41, 5.74) is 0.580. The molecule has 1 aromatic rings. The van der Waals surface area contributed by atoms with Gasteiger partial charge in [-0.15, -0.1) is 11.6 Å². The van der Waals surface area contributed by atoms with Crippen molar-refractivity contribution in [1.82, 2.24) is 0 Å². The van der Waals surface area contributed by atoms with E-state index in [4.69, 9.17) is 21.1 Å². The minimum atomic E-state index is -0.105. The third kappa shape index (κ3) is 1.68. The number of alkyl halides is 1. The molecule has 1 aromatic carbocycles. The number of fused-ring (bicyclic) bond motifs is 1. The molecular weight excluding hydrogens is 204 g/mol. The molecule has 0 N–H and O–H groups in total. The largest absolute Gasteiger partial charge is 0.486 e. The van der Waals surface area contributed by atoms with Crippen LogP contribution >= 0.6 is 11.6 Å². The van der Waals surface area contributed by atoms with Crippen molar-refractivity contribution in [3.05, 3.63) is 23.8 Å². The molecule has 0 saturated heterocycles. The van der Waals surface area contributed by atoms with Crippen molar-refractivity contribution in [2.24, 2.45) is 0 Å². The summed E-state index contributed by atoms with van der Waals surface area (Å²) in [5, 5.41) is 0. The van der Waals surface area contributed by atoms with Crippen LogP contribution in [-0.2, 0) is 0 Å². The van der Waals surface area contributed by atoms with Gasteiger partial charge in [-0.1, -0.05) is 0 Å². The van der Waals surface area contributed by atoms with E-state index in [9.17, 15) is 4.79 Å². The van der Waals surface area contributed by atoms with Gasteiger partial charge in [0.15, 0.2) is 11.5 Å². The highest BCUT2D eigenvalue weighted by Crippen LogP contribution is 2.32.